The fourth-order valence-electron chi connectivity index (χ4n) is 5.74. The summed E-state index contributed by atoms with van der Waals surface area (Å²) in [6.45, 7) is 5.74. The molecule has 0 fully saturated rings. The number of amides is 2. The van der Waals surface area contributed by atoms with Crippen LogP contribution in [0.1, 0.15) is 55.1 Å². The molecule has 4 aromatic rings. The number of nitrogens with zero attached hydrogens (tertiary/aromatic N) is 1. The summed E-state index contributed by atoms with van der Waals surface area (Å²) < 4.78 is 21.4. The predicted octanol–water partition coefficient (Wildman–Crippen LogP) is 5.32. The molecule has 47 heavy (non-hydrogen) atoms. The Balaban J connectivity index is 1.67. The molecule has 3 aromatic carbocycles. The molecule has 0 radical (unpaired) electrons. The second-order valence-corrected chi connectivity index (χ2v) is 11.8. The van der Waals surface area contributed by atoms with Crippen LogP contribution in [0.2, 0.25) is 0 Å². The van der Waals surface area contributed by atoms with Gasteiger partial charge in [0.2, 0.25) is 5.91 Å². The molecule has 0 aliphatic rings. The summed E-state index contributed by atoms with van der Waals surface area (Å²) >= 11 is 0. The SMILES string of the molecule is CC(C)c1c(C(=O)Nc2ccccc2)c(-c2ccccc2)c(-c2ccc(F)cc2)n1CC[C@@H](O)C[C@@H](O)CC(=O)NCCOCCN. The van der Waals surface area contributed by atoms with Gasteiger partial charge in [-0.3, -0.25) is 9.59 Å². The number of rotatable bonds is 17. The van der Waals surface area contributed by atoms with Crippen molar-refractivity contribution in [2.24, 2.45) is 5.73 Å². The molecule has 4 rings (SSSR count). The van der Waals surface area contributed by atoms with Gasteiger partial charge in [0, 0.05) is 36.6 Å². The lowest BCUT2D eigenvalue weighted by atomic mass is 9.94. The van der Waals surface area contributed by atoms with Gasteiger partial charge in [-0.1, -0.05) is 62.4 Å². The summed E-state index contributed by atoms with van der Waals surface area (Å²) in [5.74, 6) is -1.11. The standard InChI is InChI=1S/C37H45FN4O5/c1-25(2)35-34(37(46)41-29-11-7-4-8-12-29)33(26-9-5-3-6-10-26)36(27-13-15-28(38)16-14-27)42(35)20-17-30(43)23-31(44)24-32(45)40-19-22-47-21-18-39/h3-16,25,30-31,43-44H,17-24,39H2,1-2H3,(H,40,45)(H,41,46)/t30-,31-/m1/s1. The first kappa shape index (κ1) is 35.5. The van der Waals surface area contributed by atoms with Gasteiger partial charge >= 0.3 is 0 Å². The largest absolute Gasteiger partial charge is 0.393 e. The number of benzene rings is 3. The molecule has 0 aliphatic carbocycles. The van der Waals surface area contributed by atoms with Crippen molar-refractivity contribution in [3.8, 4) is 22.4 Å². The van der Waals surface area contributed by atoms with Crippen LogP contribution in [0, 0.1) is 5.82 Å². The number of halogens is 1. The fraction of sp³-hybridized carbons (Fsp3) is 0.351. The molecule has 250 valence electrons. The molecule has 0 aliphatic heterocycles. The fourth-order valence-corrected chi connectivity index (χ4v) is 5.74. The Morgan fingerprint density at radius 2 is 1.55 bits per heavy atom. The van der Waals surface area contributed by atoms with Crippen LogP contribution in [0.3, 0.4) is 0 Å². The molecule has 0 saturated heterocycles. The van der Waals surface area contributed by atoms with Crippen LogP contribution < -0.4 is 16.4 Å². The van der Waals surface area contributed by atoms with E-state index in [-0.39, 0.29) is 42.8 Å². The van der Waals surface area contributed by atoms with Crippen molar-refractivity contribution in [1.82, 2.24) is 9.88 Å². The summed E-state index contributed by atoms with van der Waals surface area (Å²) in [7, 11) is 0. The molecule has 1 aromatic heterocycles. The zero-order chi connectivity index (χ0) is 33.8. The number of carbonyl (C=O) groups excluding carboxylic acids is 2. The molecule has 6 N–H and O–H groups in total. The number of aliphatic hydroxyl groups is 2. The van der Waals surface area contributed by atoms with E-state index in [0.717, 1.165) is 17.0 Å². The summed E-state index contributed by atoms with van der Waals surface area (Å²) in [6.07, 6.45) is -1.91. The Labute approximate surface area is 275 Å². The molecule has 0 saturated carbocycles. The molecule has 10 heteroatoms. The summed E-state index contributed by atoms with van der Waals surface area (Å²) in [4.78, 5) is 26.4. The zero-order valence-corrected chi connectivity index (χ0v) is 27.0. The Morgan fingerprint density at radius 1 is 0.894 bits per heavy atom. The van der Waals surface area contributed by atoms with Crippen LogP contribution in [0.25, 0.3) is 22.4 Å². The van der Waals surface area contributed by atoms with E-state index >= 15 is 0 Å². The highest BCUT2D eigenvalue weighted by Gasteiger charge is 2.31. The van der Waals surface area contributed by atoms with Gasteiger partial charge in [-0.05, 0) is 66.3 Å². The summed E-state index contributed by atoms with van der Waals surface area (Å²) in [6, 6.07) is 25.0. The highest BCUT2D eigenvalue weighted by atomic mass is 19.1. The second kappa shape index (κ2) is 17.5. The topological polar surface area (TPSA) is 139 Å². The molecular formula is C37H45FN4O5. The van der Waals surface area contributed by atoms with Crippen LogP contribution in [-0.4, -0.2) is 65.1 Å². The Morgan fingerprint density at radius 3 is 2.19 bits per heavy atom. The highest BCUT2D eigenvalue weighted by Crippen LogP contribution is 2.42. The van der Waals surface area contributed by atoms with Crippen molar-refractivity contribution >= 4 is 17.5 Å². The van der Waals surface area contributed by atoms with Crippen molar-refractivity contribution in [3.63, 3.8) is 0 Å². The van der Waals surface area contributed by atoms with E-state index in [2.05, 4.69) is 10.6 Å². The van der Waals surface area contributed by atoms with E-state index in [9.17, 15) is 24.2 Å². The van der Waals surface area contributed by atoms with E-state index < -0.39 is 12.2 Å². The lowest BCUT2D eigenvalue weighted by Gasteiger charge is -2.20. The lowest BCUT2D eigenvalue weighted by Crippen LogP contribution is -2.32. The van der Waals surface area contributed by atoms with Crippen molar-refractivity contribution in [2.75, 3.05) is 31.6 Å². The van der Waals surface area contributed by atoms with Crippen molar-refractivity contribution in [1.29, 1.82) is 0 Å². The van der Waals surface area contributed by atoms with Gasteiger partial charge in [0.15, 0.2) is 0 Å². The number of hydrogen-bond acceptors (Lipinski definition) is 6. The van der Waals surface area contributed by atoms with Gasteiger partial charge in [-0.2, -0.15) is 0 Å². The molecule has 9 nitrogen and oxygen atoms in total. The molecular weight excluding hydrogens is 599 g/mol. The Bertz CT molecular complexity index is 1580. The first-order valence-corrected chi connectivity index (χ1v) is 16.0. The molecule has 0 spiro atoms. The van der Waals surface area contributed by atoms with E-state index in [4.69, 9.17) is 10.5 Å². The summed E-state index contributed by atoms with van der Waals surface area (Å²) in [5, 5.41) is 27.3. The molecule has 2 atom stereocenters. The van der Waals surface area contributed by atoms with Crippen molar-refractivity contribution in [2.45, 2.75) is 57.8 Å². The van der Waals surface area contributed by atoms with E-state index in [0.29, 0.717) is 55.2 Å². The maximum atomic E-state index is 14.2. The van der Waals surface area contributed by atoms with E-state index in [1.807, 2.05) is 79.1 Å². The number of aromatic nitrogens is 1. The van der Waals surface area contributed by atoms with Gasteiger partial charge in [-0.15, -0.1) is 0 Å². The van der Waals surface area contributed by atoms with Gasteiger partial charge in [-0.25, -0.2) is 4.39 Å². The van der Waals surface area contributed by atoms with Crippen LogP contribution in [-0.2, 0) is 16.1 Å². The zero-order valence-electron chi connectivity index (χ0n) is 27.0. The number of carbonyl (C=O) groups is 2. The van der Waals surface area contributed by atoms with Crippen LogP contribution in [0.15, 0.2) is 84.9 Å². The van der Waals surface area contributed by atoms with E-state index in [1.165, 1.54) is 12.1 Å². The molecule has 2 amide bonds. The van der Waals surface area contributed by atoms with Gasteiger partial charge in [0.1, 0.15) is 5.82 Å². The maximum absolute atomic E-state index is 14.2. The van der Waals surface area contributed by atoms with Crippen molar-refractivity contribution < 1.29 is 28.9 Å². The van der Waals surface area contributed by atoms with Crippen LogP contribution in [0.5, 0.6) is 0 Å². The first-order valence-electron chi connectivity index (χ1n) is 16.0. The van der Waals surface area contributed by atoms with Crippen LogP contribution in [0.4, 0.5) is 10.1 Å². The first-order chi connectivity index (χ1) is 22.7. The van der Waals surface area contributed by atoms with Crippen molar-refractivity contribution in [3.05, 3.63) is 102 Å². The number of aliphatic hydroxyl groups excluding tert-OH is 2. The third-order valence-corrected chi connectivity index (χ3v) is 7.77. The number of nitrogens with two attached hydrogens (primary N) is 1. The highest BCUT2D eigenvalue weighted by molar-refractivity contribution is 6.12. The minimum Gasteiger partial charge on any atom is -0.393 e. The number of hydrogen-bond donors (Lipinski definition) is 5. The number of para-hydroxylation sites is 1. The quantitative estimate of drug-likeness (QED) is 0.0987. The molecule has 0 unspecified atom stereocenters. The number of ether oxygens (including phenoxy) is 1. The Hall–Kier alpha value is -4.35. The number of nitrogens with one attached hydrogen (secondary N) is 2. The third kappa shape index (κ3) is 9.82. The average Bonchev–Trinajstić information content (AvgIpc) is 3.40. The Kier molecular flexibility index (Phi) is 13.2. The average molecular weight is 645 g/mol. The lowest BCUT2D eigenvalue weighted by molar-refractivity contribution is -0.123. The van der Waals surface area contributed by atoms with Gasteiger partial charge in [0.05, 0.1) is 43.1 Å². The minimum absolute atomic E-state index is 0.00581. The summed E-state index contributed by atoms with van der Waals surface area (Å²) in [5.41, 5.74) is 10.3. The molecule has 0 bridgehead atoms. The van der Waals surface area contributed by atoms with Crippen LogP contribution >= 0.6 is 0 Å². The second-order valence-electron chi connectivity index (χ2n) is 11.8. The maximum Gasteiger partial charge on any atom is 0.258 e. The van der Waals surface area contributed by atoms with E-state index in [1.54, 1.807) is 12.1 Å². The normalized spacial score (nSPS) is 12.6. The van der Waals surface area contributed by atoms with Gasteiger partial charge in [0.25, 0.3) is 5.91 Å². The monoisotopic (exact) mass is 644 g/mol. The van der Waals surface area contributed by atoms with Gasteiger partial charge < -0.3 is 35.9 Å². The molecule has 1 heterocycles. The predicted molar refractivity (Wildman–Crippen MR) is 182 cm³/mol. The third-order valence-electron chi connectivity index (χ3n) is 7.77. The minimum atomic E-state index is -1.05. The number of anilines is 1. The smallest absolute Gasteiger partial charge is 0.258 e.